The summed E-state index contributed by atoms with van der Waals surface area (Å²) in [5, 5.41) is 6.15. The molecule has 88 valence electrons. The highest BCUT2D eigenvalue weighted by Crippen LogP contribution is 2.24. The van der Waals surface area contributed by atoms with Gasteiger partial charge in [-0.1, -0.05) is 0 Å². The number of aromatic nitrogens is 1. The molecule has 0 bridgehead atoms. The number of esters is 1. The lowest BCUT2D eigenvalue weighted by Gasteiger charge is -2.20. The van der Waals surface area contributed by atoms with E-state index in [-0.39, 0.29) is 12.0 Å². The molecule has 0 aromatic carbocycles. The van der Waals surface area contributed by atoms with Crippen LogP contribution < -0.4 is 5.32 Å². The summed E-state index contributed by atoms with van der Waals surface area (Å²) in [6, 6.07) is 0.284. The molecule has 2 heterocycles. The number of hydrogen-bond acceptors (Lipinski definition) is 6. The number of hydrogen-bond donors (Lipinski definition) is 1. The molecule has 4 nitrogen and oxygen atoms in total. The Bertz CT molecular complexity index is 361. The molecule has 2 rings (SSSR count). The van der Waals surface area contributed by atoms with Gasteiger partial charge in [-0.05, 0) is 6.92 Å². The van der Waals surface area contributed by atoms with Crippen LogP contribution in [-0.4, -0.2) is 35.6 Å². The SMILES string of the molecule is CCOC(=O)c1csc(C2CSCCN2)n1. The van der Waals surface area contributed by atoms with Gasteiger partial charge in [0.2, 0.25) is 0 Å². The molecule has 1 aliphatic heterocycles. The number of nitrogens with zero attached hydrogens (tertiary/aromatic N) is 1. The van der Waals surface area contributed by atoms with Crippen molar-refractivity contribution in [3.8, 4) is 0 Å². The van der Waals surface area contributed by atoms with Crippen LogP contribution in [0.15, 0.2) is 5.38 Å². The Morgan fingerprint density at radius 3 is 3.31 bits per heavy atom. The van der Waals surface area contributed by atoms with Crippen molar-refractivity contribution in [2.24, 2.45) is 0 Å². The minimum absolute atomic E-state index is 0.284. The molecule has 6 heteroatoms. The second-order valence-corrected chi connectivity index (χ2v) is 5.41. The number of thiazole rings is 1. The smallest absolute Gasteiger partial charge is 0.357 e. The summed E-state index contributed by atoms with van der Waals surface area (Å²) in [6.07, 6.45) is 0. The van der Waals surface area contributed by atoms with Crippen LogP contribution in [0, 0.1) is 0 Å². The first-order valence-corrected chi connectivity index (χ1v) is 7.28. The molecular formula is C10H14N2O2S2. The number of carbonyl (C=O) groups excluding carboxylic acids is 1. The summed E-state index contributed by atoms with van der Waals surface area (Å²) in [4.78, 5) is 15.8. The molecular weight excluding hydrogens is 244 g/mol. The number of nitrogens with one attached hydrogen (secondary N) is 1. The highest BCUT2D eigenvalue weighted by molar-refractivity contribution is 7.99. The Balaban J connectivity index is 2.03. The normalized spacial score (nSPS) is 20.7. The number of ether oxygens (including phenoxy) is 1. The average Bonchev–Trinajstić information content (AvgIpc) is 2.80. The van der Waals surface area contributed by atoms with Crippen molar-refractivity contribution in [2.45, 2.75) is 13.0 Å². The first kappa shape index (κ1) is 11.9. The van der Waals surface area contributed by atoms with Gasteiger partial charge in [0.05, 0.1) is 12.6 Å². The molecule has 1 fully saturated rings. The van der Waals surface area contributed by atoms with E-state index in [2.05, 4.69) is 10.3 Å². The van der Waals surface area contributed by atoms with Crippen molar-refractivity contribution >= 4 is 29.1 Å². The second kappa shape index (κ2) is 5.65. The molecule has 0 saturated carbocycles. The molecule has 1 unspecified atom stereocenters. The van der Waals surface area contributed by atoms with E-state index in [0.29, 0.717) is 12.3 Å². The molecule has 0 spiro atoms. The van der Waals surface area contributed by atoms with E-state index in [4.69, 9.17) is 4.74 Å². The van der Waals surface area contributed by atoms with Gasteiger partial charge in [0.15, 0.2) is 5.69 Å². The van der Waals surface area contributed by atoms with Gasteiger partial charge < -0.3 is 10.1 Å². The zero-order valence-electron chi connectivity index (χ0n) is 9.06. The van der Waals surface area contributed by atoms with Crippen molar-refractivity contribution in [1.29, 1.82) is 0 Å². The van der Waals surface area contributed by atoms with E-state index < -0.39 is 0 Å². The zero-order chi connectivity index (χ0) is 11.4. The summed E-state index contributed by atoms with van der Waals surface area (Å²) in [5.41, 5.74) is 0.430. The first-order chi connectivity index (χ1) is 7.81. The molecule has 0 radical (unpaired) electrons. The molecule has 1 aromatic heterocycles. The molecule has 1 aliphatic rings. The summed E-state index contributed by atoms with van der Waals surface area (Å²) in [7, 11) is 0. The highest BCUT2D eigenvalue weighted by atomic mass is 32.2. The molecule has 1 N–H and O–H groups in total. The predicted molar refractivity (Wildman–Crippen MR) is 66.1 cm³/mol. The lowest BCUT2D eigenvalue weighted by atomic mass is 10.3. The van der Waals surface area contributed by atoms with Crippen LogP contribution in [0.3, 0.4) is 0 Å². The molecule has 1 aromatic rings. The predicted octanol–water partition coefficient (Wildman–Crippen LogP) is 1.70. The van der Waals surface area contributed by atoms with Crippen molar-refractivity contribution < 1.29 is 9.53 Å². The van der Waals surface area contributed by atoms with Gasteiger partial charge in [0.1, 0.15) is 5.01 Å². The Kier molecular flexibility index (Phi) is 4.20. The Morgan fingerprint density at radius 2 is 2.62 bits per heavy atom. The number of rotatable bonds is 3. The zero-order valence-corrected chi connectivity index (χ0v) is 10.7. The fourth-order valence-corrected chi connectivity index (χ4v) is 3.38. The van der Waals surface area contributed by atoms with Gasteiger partial charge in [0.25, 0.3) is 0 Å². The summed E-state index contributed by atoms with van der Waals surface area (Å²) in [5.74, 6) is 1.84. The largest absolute Gasteiger partial charge is 0.461 e. The molecule has 0 amide bonds. The summed E-state index contributed by atoms with van der Waals surface area (Å²) >= 11 is 3.44. The van der Waals surface area contributed by atoms with Crippen molar-refractivity contribution in [2.75, 3.05) is 24.7 Å². The number of carbonyl (C=O) groups is 1. The van der Waals surface area contributed by atoms with Crippen molar-refractivity contribution in [1.82, 2.24) is 10.3 Å². The Morgan fingerprint density at radius 1 is 1.75 bits per heavy atom. The molecule has 16 heavy (non-hydrogen) atoms. The minimum atomic E-state index is -0.325. The topological polar surface area (TPSA) is 51.2 Å². The summed E-state index contributed by atoms with van der Waals surface area (Å²) < 4.78 is 4.91. The maximum atomic E-state index is 11.4. The van der Waals surface area contributed by atoms with E-state index in [9.17, 15) is 4.79 Å². The average molecular weight is 258 g/mol. The molecule has 1 saturated heterocycles. The standard InChI is InChI=1S/C10H14N2O2S2/c1-2-14-10(13)8-6-16-9(12-8)7-5-15-4-3-11-7/h6-7,11H,2-5H2,1H3. The van der Waals surface area contributed by atoms with Crippen LogP contribution in [-0.2, 0) is 4.74 Å². The van der Waals surface area contributed by atoms with Gasteiger partial charge in [-0.25, -0.2) is 9.78 Å². The fourth-order valence-electron chi connectivity index (χ4n) is 1.47. The van der Waals surface area contributed by atoms with Gasteiger partial charge in [-0.2, -0.15) is 11.8 Å². The maximum absolute atomic E-state index is 11.4. The van der Waals surface area contributed by atoms with E-state index >= 15 is 0 Å². The van der Waals surface area contributed by atoms with E-state index in [0.717, 1.165) is 23.1 Å². The van der Waals surface area contributed by atoms with Gasteiger partial charge in [0, 0.05) is 23.4 Å². The lowest BCUT2D eigenvalue weighted by molar-refractivity contribution is 0.0520. The van der Waals surface area contributed by atoms with Crippen LogP contribution in [0.4, 0.5) is 0 Å². The van der Waals surface area contributed by atoms with Gasteiger partial charge in [-0.15, -0.1) is 11.3 Å². The van der Waals surface area contributed by atoms with E-state index in [1.165, 1.54) is 11.3 Å². The van der Waals surface area contributed by atoms with Crippen LogP contribution in [0.2, 0.25) is 0 Å². The van der Waals surface area contributed by atoms with Gasteiger partial charge >= 0.3 is 5.97 Å². The monoisotopic (exact) mass is 258 g/mol. The first-order valence-electron chi connectivity index (χ1n) is 5.25. The van der Waals surface area contributed by atoms with Crippen LogP contribution in [0.5, 0.6) is 0 Å². The number of thioether (sulfide) groups is 1. The van der Waals surface area contributed by atoms with Crippen LogP contribution >= 0.6 is 23.1 Å². The highest BCUT2D eigenvalue weighted by Gasteiger charge is 2.20. The van der Waals surface area contributed by atoms with Crippen molar-refractivity contribution in [3.63, 3.8) is 0 Å². The van der Waals surface area contributed by atoms with Crippen LogP contribution in [0.1, 0.15) is 28.5 Å². The third kappa shape index (κ3) is 2.75. The Labute approximate surface area is 103 Å². The molecule has 0 aliphatic carbocycles. The lowest BCUT2D eigenvalue weighted by Crippen LogP contribution is -2.30. The maximum Gasteiger partial charge on any atom is 0.357 e. The quantitative estimate of drug-likeness (QED) is 0.836. The Hall–Kier alpha value is -0.590. The summed E-state index contributed by atoms with van der Waals surface area (Å²) in [6.45, 7) is 3.19. The molecule has 1 atom stereocenters. The van der Waals surface area contributed by atoms with E-state index in [1.807, 2.05) is 11.8 Å². The van der Waals surface area contributed by atoms with Crippen molar-refractivity contribution in [3.05, 3.63) is 16.1 Å². The van der Waals surface area contributed by atoms with E-state index in [1.54, 1.807) is 12.3 Å². The minimum Gasteiger partial charge on any atom is -0.461 e. The van der Waals surface area contributed by atoms with Crippen LogP contribution in [0.25, 0.3) is 0 Å². The third-order valence-corrected chi connectivity index (χ3v) is 4.25. The second-order valence-electron chi connectivity index (χ2n) is 3.37. The third-order valence-electron chi connectivity index (χ3n) is 2.23. The van der Waals surface area contributed by atoms with Gasteiger partial charge in [-0.3, -0.25) is 0 Å². The fraction of sp³-hybridized carbons (Fsp3) is 0.600.